The number of fused-ring (bicyclic) bond motifs is 1. The monoisotopic (exact) mass is 320 g/mol. The van der Waals surface area contributed by atoms with E-state index in [1.165, 1.54) is 6.07 Å². The number of benzene rings is 1. The van der Waals surface area contributed by atoms with Crippen molar-refractivity contribution < 1.29 is 17.9 Å². The molecule has 0 aliphatic carbocycles. The first kappa shape index (κ1) is 15.7. The van der Waals surface area contributed by atoms with Gasteiger partial charge in [-0.25, -0.2) is 0 Å². The number of H-pyrrole nitrogens is 1. The van der Waals surface area contributed by atoms with Gasteiger partial charge >= 0.3 is 6.18 Å². The molecule has 1 radical (unpaired) electrons. The maximum absolute atomic E-state index is 13.1. The molecule has 7 heteroatoms. The van der Waals surface area contributed by atoms with E-state index in [0.29, 0.717) is 18.6 Å². The van der Waals surface area contributed by atoms with Crippen molar-refractivity contribution in [3.8, 4) is 5.75 Å². The fourth-order valence-corrected chi connectivity index (χ4v) is 2.80. The Balaban J connectivity index is 1.97. The number of halogens is 3. The topological polar surface area (TPSA) is 42.1 Å². The summed E-state index contributed by atoms with van der Waals surface area (Å²) in [7, 11) is 1.95. The van der Waals surface area contributed by atoms with Gasteiger partial charge in [-0.05, 0) is 30.5 Å². The third-order valence-corrected chi connectivity index (χ3v) is 3.94. The lowest BCUT2D eigenvalue weighted by molar-refractivity contribution is -0.142. The maximum Gasteiger partial charge on any atom is 0.431 e. The van der Waals surface area contributed by atoms with Crippen LogP contribution < -0.4 is 15.8 Å². The summed E-state index contributed by atoms with van der Waals surface area (Å²) in [6.45, 7) is 1.92. The summed E-state index contributed by atoms with van der Waals surface area (Å²) < 4.78 is 45.2. The van der Waals surface area contributed by atoms with E-state index >= 15 is 0 Å². The molecule has 23 heavy (non-hydrogen) atoms. The molecule has 0 fully saturated rings. The highest BCUT2D eigenvalue weighted by molar-refractivity contribution is 6.51. The third kappa shape index (κ3) is 3.13. The fourth-order valence-electron chi connectivity index (χ4n) is 2.80. The maximum atomic E-state index is 13.1. The molecule has 0 amide bonds. The van der Waals surface area contributed by atoms with E-state index in [9.17, 15) is 18.0 Å². The van der Waals surface area contributed by atoms with Gasteiger partial charge in [-0.1, -0.05) is 24.4 Å². The number of hydrogen-bond donors (Lipinski definition) is 1. The minimum absolute atomic E-state index is 0.0334. The molecule has 0 saturated heterocycles. The SMILES string of the molecule is C[B]c1ccc2c(c1)CCC(c1ccc(=O)[nH]c1C(F)(F)F)O2. The van der Waals surface area contributed by atoms with Crippen LogP contribution >= 0.6 is 0 Å². The molecular weight excluding hydrogens is 306 g/mol. The molecule has 1 aromatic carbocycles. The fraction of sp³-hybridized carbons (Fsp3) is 0.312. The van der Waals surface area contributed by atoms with E-state index in [-0.39, 0.29) is 5.56 Å². The molecule has 2 aromatic rings. The van der Waals surface area contributed by atoms with Crippen LogP contribution in [0.15, 0.2) is 35.1 Å². The zero-order valence-electron chi connectivity index (χ0n) is 12.4. The van der Waals surface area contributed by atoms with Crippen molar-refractivity contribution in [3.63, 3.8) is 0 Å². The van der Waals surface area contributed by atoms with E-state index in [0.717, 1.165) is 17.1 Å². The molecular formula is C16H14BF3NO2. The van der Waals surface area contributed by atoms with Gasteiger partial charge in [0.05, 0.1) is 0 Å². The number of alkyl halides is 3. The van der Waals surface area contributed by atoms with Crippen molar-refractivity contribution >= 4 is 12.7 Å². The summed E-state index contributed by atoms with van der Waals surface area (Å²) in [5.41, 5.74) is 0.187. The molecule has 3 rings (SSSR count). The van der Waals surface area contributed by atoms with E-state index in [1.54, 1.807) is 6.07 Å². The Kier molecular flexibility index (Phi) is 3.96. The Hall–Kier alpha value is -2.18. The first-order valence-electron chi connectivity index (χ1n) is 7.28. The molecule has 0 bridgehead atoms. The van der Waals surface area contributed by atoms with E-state index in [1.807, 2.05) is 31.2 Å². The van der Waals surface area contributed by atoms with Gasteiger partial charge in [-0.2, -0.15) is 13.2 Å². The first-order chi connectivity index (χ1) is 10.9. The zero-order valence-corrected chi connectivity index (χ0v) is 12.4. The van der Waals surface area contributed by atoms with Gasteiger partial charge in [0, 0.05) is 11.6 Å². The predicted octanol–water partition coefficient (Wildman–Crippen LogP) is 2.84. The minimum atomic E-state index is -4.62. The van der Waals surface area contributed by atoms with E-state index < -0.39 is 23.5 Å². The van der Waals surface area contributed by atoms with Crippen molar-refractivity contribution in [1.82, 2.24) is 4.98 Å². The van der Waals surface area contributed by atoms with Crippen LogP contribution in [0.2, 0.25) is 6.82 Å². The molecule has 0 saturated carbocycles. The summed E-state index contributed by atoms with van der Waals surface area (Å²) >= 11 is 0. The molecule has 1 unspecified atom stereocenters. The summed E-state index contributed by atoms with van der Waals surface area (Å²) in [4.78, 5) is 13.1. The number of aromatic amines is 1. The average molecular weight is 320 g/mol. The number of pyridine rings is 1. The number of aromatic nitrogens is 1. The number of ether oxygens (including phenoxy) is 1. The molecule has 1 N–H and O–H groups in total. The van der Waals surface area contributed by atoms with Gasteiger partial charge in [0.2, 0.25) is 5.56 Å². The van der Waals surface area contributed by atoms with Crippen LogP contribution in [0.25, 0.3) is 0 Å². The molecule has 1 aliphatic rings. The van der Waals surface area contributed by atoms with Crippen LogP contribution in [0.5, 0.6) is 5.75 Å². The quantitative estimate of drug-likeness (QED) is 0.865. The smallest absolute Gasteiger partial charge is 0.431 e. The summed E-state index contributed by atoms with van der Waals surface area (Å²) in [5.74, 6) is 0.589. The van der Waals surface area contributed by atoms with Gasteiger partial charge in [-0.3, -0.25) is 4.79 Å². The van der Waals surface area contributed by atoms with E-state index in [2.05, 4.69) is 0 Å². The second kappa shape index (κ2) is 5.79. The second-order valence-corrected chi connectivity index (χ2v) is 5.45. The highest BCUT2D eigenvalue weighted by Crippen LogP contribution is 2.39. The lowest BCUT2D eigenvalue weighted by Gasteiger charge is -2.28. The Morgan fingerprint density at radius 3 is 2.74 bits per heavy atom. The molecule has 2 heterocycles. The van der Waals surface area contributed by atoms with Gasteiger partial charge in [0.1, 0.15) is 24.8 Å². The highest BCUT2D eigenvalue weighted by atomic mass is 19.4. The lowest BCUT2D eigenvalue weighted by Crippen LogP contribution is -2.24. The standard InChI is InChI=1S/C16H14BF3NO2/c1-17-10-3-6-12-9(8-10)2-5-13(23-12)11-4-7-14(22)21-15(11)16(18,19)20/h3-4,6-8,13H,2,5H2,1H3,(H,21,22). The van der Waals surface area contributed by atoms with Gasteiger partial charge in [0.15, 0.2) is 0 Å². The molecule has 119 valence electrons. The molecule has 1 aromatic heterocycles. The highest BCUT2D eigenvalue weighted by Gasteiger charge is 2.38. The van der Waals surface area contributed by atoms with Crippen LogP contribution in [0, 0.1) is 0 Å². The van der Waals surface area contributed by atoms with Crippen molar-refractivity contribution in [3.05, 3.63) is 57.5 Å². The second-order valence-electron chi connectivity index (χ2n) is 5.45. The van der Waals surface area contributed by atoms with Crippen LogP contribution in [0.3, 0.4) is 0 Å². The minimum Gasteiger partial charge on any atom is -0.485 e. The Morgan fingerprint density at radius 2 is 2.04 bits per heavy atom. The van der Waals surface area contributed by atoms with Crippen LogP contribution in [-0.2, 0) is 12.6 Å². The third-order valence-electron chi connectivity index (χ3n) is 3.94. The van der Waals surface area contributed by atoms with Gasteiger partial charge < -0.3 is 9.72 Å². The molecule has 1 aliphatic heterocycles. The number of nitrogens with one attached hydrogen (secondary N) is 1. The lowest BCUT2D eigenvalue weighted by atomic mass is 9.72. The molecule has 0 spiro atoms. The van der Waals surface area contributed by atoms with Crippen LogP contribution in [-0.4, -0.2) is 12.3 Å². The van der Waals surface area contributed by atoms with E-state index in [4.69, 9.17) is 4.74 Å². The van der Waals surface area contributed by atoms with Crippen LogP contribution in [0.1, 0.15) is 29.3 Å². The normalized spacial score (nSPS) is 17.3. The number of hydrogen-bond acceptors (Lipinski definition) is 2. The van der Waals surface area contributed by atoms with Crippen molar-refractivity contribution in [1.29, 1.82) is 0 Å². The largest absolute Gasteiger partial charge is 0.485 e. The Labute approximate surface area is 131 Å². The summed E-state index contributed by atoms with van der Waals surface area (Å²) in [6.07, 6.45) is -4.30. The average Bonchev–Trinajstić information content (AvgIpc) is 2.53. The summed E-state index contributed by atoms with van der Waals surface area (Å²) in [6, 6.07) is 7.90. The van der Waals surface area contributed by atoms with Crippen LogP contribution in [0.4, 0.5) is 13.2 Å². The molecule has 1 atom stereocenters. The Morgan fingerprint density at radius 1 is 1.26 bits per heavy atom. The number of aryl methyl sites for hydroxylation is 1. The first-order valence-corrected chi connectivity index (χ1v) is 7.28. The van der Waals surface area contributed by atoms with Crippen molar-refractivity contribution in [2.75, 3.05) is 0 Å². The number of rotatable bonds is 2. The Bertz CT molecular complexity index is 786. The predicted molar refractivity (Wildman–Crippen MR) is 81.4 cm³/mol. The van der Waals surface area contributed by atoms with Gasteiger partial charge in [0.25, 0.3) is 0 Å². The van der Waals surface area contributed by atoms with Crippen molar-refractivity contribution in [2.45, 2.75) is 31.9 Å². The molecule has 3 nitrogen and oxygen atoms in total. The van der Waals surface area contributed by atoms with Gasteiger partial charge in [-0.15, -0.1) is 0 Å². The summed E-state index contributed by atoms with van der Waals surface area (Å²) in [5, 5.41) is 0. The zero-order chi connectivity index (χ0) is 16.6. The van der Waals surface area contributed by atoms with Crippen molar-refractivity contribution in [2.24, 2.45) is 0 Å².